The lowest BCUT2D eigenvalue weighted by molar-refractivity contribution is 0.476. The second-order valence-electron chi connectivity index (χ2n) is 3.72. The zero-order valence-electron chi connectivity index (χ0n) is 9.34. The lowest BCUT2D eigenvalue weighted by atomic mass is 10.1. The summed E-state index contributed by atoms with van der Waals surface area (Å²) in [6.07, 6.45) is 0. The van der Waals surface area contributed by atoms with Crippen molar-refractivity contribution in [1.29, 1.82) is 0 Å². The van der Waals surface area contributed by atoms with Crippen LogP contribution >= 0.6 is 0 Å². The van der Waals surface area contributed by atoms with Gasteiger partial charge >= 0.3 is 0 Å². The van der Waals surface area contributed by atoms with E-state index in [9.17, 15) is 13.5 Å². The minimum atomic E-state index is -3.31. The van der Waals surface area contributed by atoms with Crippen molar-refractivity contribution in [3.05, 3.63) is 36.4 Å². The van der Waals surface area contributed by atoms with Crippen LogP contribution < -0.4 is 4.72 Å². The Morgan fingerprint density at radius 1 is 1.24 bits per heavy atom. The predicted molar refractivity (Wildman–Crippen MR) is 68.7 cm³/mol. The Hall–Kier alpha value is -1.75. The summed E-state index contributed by atoms with van der Waals surface area (Å²) in [6.45, 7) is 1.57. The Balaban J connectivity index is 2.58. The zero-order chi connectivity index (χ0) is 12.5. The fraction of sp³-hybridized carbons (Fsp3) is 0.167. The highest BCUT2D eigenvalue weighted by Gasteiger charge is 2.09. The predicted octanol–water partition coefficient (Wildman–Crippen LogP) is 2.31. The smallest absolute Gasteiger partial charge is 0.232 e. The van der Waals surface area contributed by atoms with Crippen LogP contribution in [-0.2, 0) is 10.0 Å². The van der Waals surface area contributed by atoms with E-state index in [1.165, 1.54) is 0 Å². The summed E-state index contributed by atoms with van der Waals surface area (Å²) in [4.78, 5) is 0. The first-order valence-corrected chi connectivity index (χ1v) is 6.89. The summed E-state index contributed by atoms with van der Waals surface area (Å²) in [5.74, 6) is 0.128. The molecule has 90 valence electrons. The molecule has 2 N–H and O–H groups in total. The molecule has 2 rings (SSSR count). The van der Waals surface area contributed by atoms with Crippen molar-refractivity contribution in [3.8, 4) is 5.75 Å². The quantitative estimate of drug-likeness (QED) is 0.879. The van der Waals surface area contributed by atoms with Gasteiger partial charge in [-0.05, 0) is 30.5 Å². The molecule has 0 heterocycles. The zero-order valence-corrected chi connectivity index (χ0v) is 10.2. The molecule has 0 aliphatic heterocycles. The Bertz CT molecular complexity index is 650. The highest BCUT2D eigenvalue weighted by Crippen LogP contribution is 2.27. The Morgan fingerprint density at radius 2 is 2.00 bits per heavy atom. The largest absolute Gasteiger partial charge is 0.508 e. The molecule has 0 amide bonds. The topological polar surface area (TPSA) is 66.4 Å². The van der Waals surface area contributed by atoms with Gasteiger partial charge in [0.1, 0.15) is 5.75 Å². The standard InChI is InChI=1S/C12H13NO3S/c1-2-17(15,16)13-12-5-3-4-9-6-7-10(14)8-11(9)12/h3-8,13-14H,2H2,1H3. The molecule has 0 aromatic heterocycles. The number of phenols is 1. The number of benzene rings is 2. The van der Waals surface area contributed by atoms with Gasteiger partial charge in [0.2, 0.25) is 10.0 Å². The highest BCUT2D eigenvalue weighted by molar-refractivity contribution is 7.92. The van der Waals surface area contributed by atoms with Crippen LogP contribution in [0.25, 0.3) is 10.8 Å². The molecule has 5 heteroatoms. The number of aromatic hydroxyl groups is 1. The first-order valence-electron chi connectivity index (χ1n) is 5.24. The van der Waals surface area contributed by atoms with Crippen molar-refractivity contribution in [2.75, 3.05) is 10.5 Å². The fourth-order valence-corrected chi connectivity index (χ4v) is 2.25. The number of hydrogen-bond donors (Lipinski definition) is 2. The number of sulfonamides is 1. The number of hydrogen-bond acceptors (Lipinski definition) is 3. The first-order chi connectivity index (χ1) is 8.02. The van der Waals surface area contributed by atoms with Crippen molar-refractivity contribution in [1.82, 2.24) is 0 Å². The van der Waals surface area contributed by atoms with Crippen molar-refractivity contribution < 1.29 is 13.5 Å². The number of anilines is 1. The maximum atomic E-state index is 11.5. The Kier molecular flexibility index (Phi) is 2.93. The van der Waals surface area contributed by atoms with Crippen LogP contribution in [0.1, 0.15) is 6.92 Å². The summed E-state index contributed by atoms with van der Waals surface area (Å²) in [7, 11) is -3.31. The summed E-state index contributed by atoms with van der Waals surface area (Å²) >= 11 is 0. The van der Waals surface area contributed by atoms with Crippen molar-refractivity contribution in [3.63, 3.8) is 0 Å². The van der Waals surface area contributed by atoms with Crippen LogP contribution in [0, 0.1) is 0 Å². The van der Waals surface area contributed by atoms with E-state index in [0.717, 1.165) is 5.39 Å². The van der Waals surface area contributed by atoms with Crippen LogP contribution in [0.5, 0.6) is 5.75 Å². The van der Waals surface area contributed by atoms with Crippen LogP contribution in [-0.4, -0.2) is 19.3 Å². The maximum Gasteiger partial charge on any atom is 0.232 e. The van der Waals surface area contributed by atoms with Gasteiger partial charge in [0.05, 0.1) is 11.4 Å². The number of nitrogens with one attached hydrogen (secondary N) is 1. The van der Waals surface area contributed by atoms with E-state index in [2.05, 4.69) is 4.72 Å². The van der Waals surface area contributed by atoms with E-state index in [1.807, 2.05) is 6.07 Å². The van der Waals surface area contributed by atoms with Crippen LogP contribution in [0.4, 0.5) is 5.69 Å². The third-order valence-electron chi connectivity index (χ3n) is 2.51. The van der Waals surface area contributed by atoms with Gasteiger partial charge in [0.15, 0.2) is 0 Å². The average Bonchev–Trinajstić information content (AvgIpc) is 2.30. The summed E-state index contributed by atoms with van der Waals surface area (Å²) in [6, 6.07) is 10.2. The molecule has 17 heavy (non-hydrogen) atoms. The molecule has 0 spiro atoms. The van der Waals surface area contributed by atoms with Gasteiger partial charge in [-0.3, -0.25) is 4.72 Å². The van der Waals surface area contributed by atoms with E-state index in [-0.39, 0.29) is 11.5 Å². The van der Waals surface area contributed by atoms with Gasteiger partial charge in [-0.15, -0.1) is 0 Å². The van der Waals surface area contributed by atoms with Gasteiger partial charge in [0.25, 0.3) is 0 Å². The van der Waals surface area contributed by atoms with Gasteiger partial charge in [-0.1, -0.05) is 18.2 Å². The summed E-state index contributed by atoms with van der Waals surface area (Å²) in [5, 5.41) is 11.0. The molecule has 0 atom stereocenters. The Labute approximate surface area is 99.9 Å². The van der Waals surface area contributed by atoms with Crippen LogP contribution in [0.3, 0.4) is 0 Å². The number of phenolic OH excluding ortho intramolecular Hbond substituents is 1. The summed E-state index contributed by atoms with van der Waals surface area (Å²) < 4.78 is 25.5. The molecule has 0 bridgehead atoms. The van der Waals surface area contributed by atoms with E-state index < -0.39 is 10.0 Å². The molecule has 0 unspecified atom stereocenters. The molecule has 0 saturated heterocycles. The molecular formula is C12H13NO3S. The van der Waals surface area contributed by atoms with E-state index in [4.69, 9.17) is 0 Å². The maximum absolute atomic E-state index is 11.5. The SMILES string of the molecule is CCS(=O)(=O)Nc1cccc2ccc(O)cc12. The average molecular weight is 251 g/mol. The van der Waals surface area contributed by atoms with Gasteiger partial charge in [-0.25, -0.2) is 8.42 Å². The number of fused-ring (bicyclic) bond motifs is 1. The fourth-order valence-electron chi connectivity index (χ4n) is 1.59. The van der Waals surface area contributed by atoms with E-state index in [0.29, 0.717) is 11.1 Å². The molecule has 0 aliphatic rings. The molecule has 0 saturated carbocycles. The molecule has 0 aliphatic carbocycles. The molecule has 0 fully saturated rings. The molecule has 2 aromatic rings. The van der Waals surface area contributed by atoms with E-state index in [1.54, 1.807) is 37.3 Å². The van der Waals surface area contributed by atoms with Crippen LogP contribution in [0.15, 0.2) is 36.4 Å². The third-order valence-corrected chi connectivity index (χ3v) is 3.80. The lowest BCUT2D eigenvalue weighted by Gasteiger charge is -2.09. The minimum Gasteiger partial charge on any atom is -0.508 e. The highest BCUT2D eigenvalue weighted by atomic mass is 32.2. The second-order valence-corrected chi connectivity index (χ2v) is 5.73. The molecule has 0 radical (unpaired) electrons. The Morgan fingerprint density at radius 3 is 2.71 bits per heavy atom. The molecular weight excluding hydrogens is 238 g/mol. The molecule has 4 nitrogen and oxygen atoms in total. The van der Waals surface area contributed by atoms with Crippen molar-refractivity contribution >= 4 is 26.5 Å². The third kappa shape index (κ3) is 2.50. The lowest BCUT2D eigenvalue weighted by Crippen LogP contribution is -2.14. The summed E-state index contributed by atoms with van der Waals surface area (Å²) in [5.41, 5.74) is 0.486. The van der Waals surface area contributed by atoms with Gasteiger partial charge in [-0.2, -0.15) is 0 Å². The van der Waals surface area contributed by atoms with Crippen molar-refractivity contribution in [2.45, 2.75) is 6.92 Å². The normalized spacial score (nSPS) is 11.6. The first kappa shape index (κ1) is 11.7. The monoisotopic (exact) mass is 251 g/mol. The van der Waals surface area contributed by atoms with Crippen LogP contribution in [0.2, 0.25) is 0 Å². The molecule has 2 aromatic carbocycles. The van der Waals surface area contributed by atoms with Gasteiger partial charge < -0.3 is 5.11 Å². The van der Waals surface area contributed by atoms with Crippen molar-refractivity contribution in [2.24, 2.45) is 0 Å². The number of rotatable bonds is 3. The van der Waals surface area contributed by atoms with Gasteiger partial charge in [0, 0.05) is 5.39 Å². The second kappa shape index (κ2) is 4.25. The van der Waals surface area contributed by atoms with E-state index >= 15 is 0 Å². The minimum absolute atomic E-state index is 0.0161.